The smallest absolute Gasteiger partial charge is 0.462 e. The lowest BCUT2D eigenvalue weighted by molar-refractivity contribution is -0.161. The van der Waals surface area contributed by atoms with Crippen molar-refractivity contribution in [3.8, 4) is 0 Å². The van der Waals surface area contributed by atoms with Crippen molar-refractivity contribution in [2.24, 2.45) is 5.92 Å². The summed E-state index contributed by atoms with van der Waals surface area (Å²) in [6.45, 7) is 7.39. The van der Waals surface area contributed by atoms with E-state index < -0.39 is 97.5 Å². The van der Waals surface area contributed by atoms with Crippen molar-refractivity contribution < 1.29 is 80.2 Å². The van der Waals surface area contributed by atoms with Crippen molar-refractivity contribution in [1.29, 1.82) is 0 Å². The molecule has 0 heterocycles. The Morgan fingerprint density at radius 3 is 0.648 bits per heavy atom. The molecule has 19 heteroatoms. The van der Waals surface area contributed by atoms with Gasteiger partial charge in [0.25, 0.3) is 0 Å². The second-order valence-corrected chi connectivity index (χ2v) is 34.3. The Balaban J connectivity index is 5.20. The number of phosphoric acid groups is 2. The van der Waals surface area contributed by atoms with Gasteiger partial charge in [-0.05, 0) is 31.6 Å². The van der Waals surface area contributed by atoms with Gasteiger partial charge in [-0.2, -0.15) is 0 Å². The predicted molar refractivity (Wildman–Crippen MR) is 432 cm³/mol. The highest BCUT2D eigenvalue weighted by Gasteiger charge is 2.30. The molecule has 0 spiro atoms. The minimum Gasteiger partial charge on any atom is -0.462 e. The number of esters is 4. The molecule has 0 aromatic carbocycles. The van der Waals surface area contributed by atoms with Crippen LogP contribution < -0.4 is 0 Å². The quantitative estimate of drug-likeness (QED) is 0.0222. The molecule has 0 radical (unpaired) electrons. The minimum atomic E-state index is -4.97. The van der Waals surface area contributed by atoms with Crippen LogP contribution in [0.3, 0.4) is 0 Å². The van der Waals surface area contributed by atoms with E-state index in [0.717, 1.165) is 95.8 Å². The average Bonchev–Trinajstić information content (AvgIpc) is 0.911. The van der Waals surface area contributed by atoms with Gasteiger partial charge < -0.3 is 33.8 Å². The Hall–Kier alpha value is -1.94. The summed E-state index contributed by atoms with van der Waals surface area (Å²) >= 11 is 0. The molecule has 17 nitrogen and oxygen atoms in total. The number of aliphatic hydroxyl groups is 1. The molecule has 0 bridgehead atoms. The fourth-order valence-corrected chi connectivity index (χ4v) is 15.1. The molecule has 0 fully saturated rings. The van der Waals surface area contributed by atoms with Gasteiger partial charge in [-0.25, -0.2) is 9.13 Å². The highest BCUT2D eigenvalue weighted by Crippen LogP contribution is 2.45. The van der Waals surface area contributed by atoms with E-state index in [1.54, 1.807) is 0 Å². The lowest BCUT2D eigenvalue weighted by Gasteiger charge is -2.21. The summed E-state index contributed by atoms with van der Waals surface area (Å²) in [5.74, 6) is -1.28. The number of rotatable bonds is 86. The number of carbonyl (C=O) groups excluding carboxylic acids is 4. The van der Waals surface area contributed by atoms with Gasteiger partial charge in [0.15, 0.2) is 12.2 Å². The van der Waals surface area contributed by atoms with E-state index in [-0.39, 0.29) is 25.7 Å². The first-order chi connectivity index (χ1) is 51.0. The molecule has 0 aromatic heterocycles. The van der Waals surface area contributed by atoms with Crippen LogP contribution in [0.4, 0.5) is 0 Å². The third-order valence-electron chi connectivity index (χ3n) is 20.3. The van der Waals surface area contributed by atoms with Crippen molar-refractivity contribution >= 4 is 39.5 Å². The first-order valence-electron chi connectivity index (χ1n) is 44.6. The molecule has 0 rings (SSSR count). The second kappa shape index (κ2) is 78.7. The van der Waals surface area contributed by atoms with Gasteiger partial charge in [0.05, 0.1) is 26.4 Å². The van der Waals surface area contributed by atoms with Gasteiger partial charge in [0.1, 0.15) is 19.3 Å². The molecule has 0 saturated carbocycles. The minimum absolute atomic E-state index is 0.108. The molecule has 3 N–H and O–H groups in total. The fraction of sp³-hybridized carbons (Fsp3) is 0.953. The van der Waals surface area contributed by atoms with E-state index in [2.05, 4.69) is 34.6 Å². The Kier molecular flexibility index (Phi) is 77.3. The van der Waals surface area contributed by atoms with Crippen LogP contribution in [0.2, 0.25) is 0 Å². The zero-order valence-electron chi connectivity index (χ0n) is 68.9. The van der Waals surface area contributed by atoms with Crippen molar-refractivity contribution in [1.82, 2.24) is 0 Å². The molecule has 2 unspecified atom stereocenters. The van der Waals surface area contributed by atoms with Crippen LogP contribution in [-0.2, 0) is 65.4 Å². The lowest BCUT2D eigenvalue weighted by atomic mass is 10.0. The molecule has 0 aromatic rings. The third-order valence-corrected chi connectivity index (χ3v) is 22.2. The third kappa shape index (κ3) is 79.9. The van der Waals surface area contributed by atoms with Crippen molar-refractivity contribution in [3.05, 3.63) is 0 Å². The summed E-state index contributed by atoms with van der Waals surface area (Å²) in [4.78, 5) is 73.2. The van der Waals surface area contributed by atoms with Crippen LogP contribution in [0.15, 0.2) is 0 Å². The average molecular weight is 1540 g/mol. The van der Waals surface area contributed by atoms with E-state index in [1.807, 2.05) is 0 Å². The van der Waals surface area contributed by atoms with Crippen LogP contribution in [0.25, 0.3) is 0 Å². The maximum atomic E-state index is 13.1. The summed E-state index contributed by atoms with van der Waals surface area (Å²) in [6.07, 6.45) is 72.3. The Bertz CT molecular complexity index is 2000. The Morgan fingerprint density at radius 1 is 0.257 bits per heavy atom. The molecule has 624 valence electrons. The van der Waals surface area contributed by atoms with Gasteiger partial charge in [-0.1, -0.05) is 413 Å². The van der Waals surface area contributed by atoms with Crippen LogP contribution in [-0.4, -0.2) is 96.7 Å². The summed E-state index contributed by atoms with van der Waals surface area (Å²) in [7, 11) is -9.92. The number of hydrogen-bond acceptors (Lipinski definition) is 15. The Morgan fingerprint density at radius 2 is 0.438 bits per heavy atom. The normalized spacial score (nSPS) is 13.8. The van der Waals surface area contributed by atoms with Crippen LogP contribution in [0.1, 0.15) is 465 Å². The topological polar surface area (TPSA) is 237 Å². The number of carbonyl (C=O) groups is 4. The monoisotopic (exact) mass is 1540 g/mol. The van der Waals surface area contributed by atoms with Gasteiger partial charge in [0, 0.05) is 25.7 Å². The number of unbranched alkanes of at least 4 members (excludes halogenated alkanes) is 58. The van der Waals surface area contributed by atoms with Gasteiger partial charge >= 0.3 is 39.5 Å². The summed E-state index contributed by atoms with van der Waals surface area (Å²) < 4.78 is 68.8. The van der Waals surface area contributed by atoms with Gasteiger partial charge in [-0.15, -0.1) is 0 Å². The standard InChI is InChI=1S/C86H168O17P2/c1-6-9-12-15-18-21-24-26-27-28-29-30-31-35-38-41-46-50-55-60-65-70-84(89)97-76-82(103-86(91)72-67-62-57-52-47-42-39-36-33-32-34-37-40-44-48-53-58-63-68-79(4)5)78-101-105(94,95)99-74-80(87)73-98-104(92,93)100-77-81(75-96-83(88)69-64-59-54-49-43-23-20-17-14-11-8-3)102-85(90)71-66-61-56-51-45-25-22-19-16-13-10-7-2/h79-82,87H,6-78H2,1-5H3,(H,92,93)(H,94,95)/t80-,81+,82+/m0/s1. The molecule has 5 atom stereocenters. The highest BCUT2D eigenvalue weighted by atomic mass is 31.2. The van der Waals surface area contributed by atoms with Crippen LogP contribution in [0, 0.1) is 5.92 Å². The maximum Gasteiger partial charge on any atom is 0.472 e. The maximum absolute atomic E-state index is 13.1. The fourth-order valence-electron chi connectivity index (χ4n) is 13.5. The SMILES string of the molecule is CCCCCCCCCCCCCCCCCCCCCCCC(=O)OC[C@H](COP(=O)(O)OC[C@@H](O)COP(=O)(O)OC[C@@H](COC(=O)CCCCCCCCCCCCC)OC(=O)CCCCCCCCCCCCCC)OC(=O)CCCCCCCCCCCCCCCCCCCCC(C)C. The second-order valence-electron chi connectivity index (χ2n) is 31.4. The van der Waals surface area contributed by atoms with E-state index in [9.17, 15) is 43.2 Å². The molecule has 0 aliphatic carbocycles. The first-order valence-corrected chi connectivity index (χ1v) is 47.6. The first kappa shape index (κ1) is 103. The zero-order valence-corrected chi connectivity index (χ0v) is 70.7. The molecular formula is C86H168O17P2. The zero-order chi connectivity index (χ0) is 76.9. The van der Waals surface area contributed by atoms with E-state index >= 15 is 0 Å². The van der Waals surface area contributed by atoms with E-state index in [1.165, 1.54) is 289 Å². The van der Waals surface area contributed by atoms with Crippen LogP contribution >= 0.6 is 15.6 Å². The highest BCUT2D eigenvalue weighted by molar-refractivity contribution is 7.47. The van der Waals surface area contributed by atoms with Crippen molar-refractivity contribution in [2.45, 2.75) is 483 Å². The predicted octanol–water partition coefficient (Wildman–Crippen LogP) is 26.4. The summed E-state index contributed by atoms with van der Waals surface area (Å²) in [5, 5.41) is 10.7. The van der Waals surface area contributed by atoms with Crippen molar-refractivity contribution in [2.75, 3.05) is 39.6 Å². The molecular weight excluding hydrogens is 1370 g/mol. The van der Waals surface area contributed by atoms with E-state index in [0.29, 0.717) is 25.7 Å². The lowest BCUT2D eigenvalue weighted by Crippen LogP contribution is -2.30. The summed E-state index contributed by atoms with van der Waals surface area (Å²) in [6, 6.07) is 0. The van der Waals surface area contributed by atoms with E-state index in [4.69, 9.17) is 37.0 Å². The van der Waals surface area contributed by atoms with Gasteiger partial charge in [-0.3, -0.25) is 37.3 Å². The number of phosphoric ester groups is 2. The van der Waals surface area contributed by atoms with Crippen molar-refractivity contribution in [3.63, 3.8) is 0 Å². The molecule has 105 heavy (non-hydrogen) atoms. The van der Waals surface area contributed by atoms with Gasteiger partial charge in [0.2, 0.25) is 0 Å². The largest absolute Gasteiger partial charge is 0.472 e. The summed E-state index contributed by atoms with van der Waals surface area (Å²) in [5.41, 5.74) is 0. The molecule has 0 aliphatic heterocycles. The Labute approximate surface area is 645 Å². The van der Waals surface area contributed by atoms with Crippen LogP contribution in [0.5, 0.6) is 0 Å². The number of hydrogen-bond donors (Lipinski definition) is 3. The molecule has 0 saturated heterocycles. The molecule has 0 amide bonds. The number of aliphatic hydroxyl groups excluding tert-OH is 1. The number of ether oxygens (including phenoxy) is 4. The molecule has 0 aliphatic rings.